The van der Waals surface area contributed by atoms with Crippen molar-refractivity contribution in [1.29, 1.82) is 0 Å². The number of morpholine rings is 1. The van der Waals surface area contributed by atoms with Crippen LogP contribution in [0.4, 0.5) is 0 Å². The summed E-state index contributed by atoms with van der Waals surface area (Å²) in [5, 5.41) is 0. The van der Waals surface area contributed by atoms with Crippen molar-refractivity contribution in [3.63, 3.8) is 0 Å². The predicted octanol–water partition coefficient (Wildman–Crippen LogP) is 2.89. The van der Waals surface area contributed by atoms with Crippen molar-refractivity contribution >= 4 is 0 Å². The number of hydrogen-bond acceptors (Lipinski definition) is 3. The predicted molar refractivity (Wildman–Crippen MR) is 84.7 cm³/mol. The standard InChI is InChI=1S/C17H34N2O/c1-12-9-19(10-13(2)20-12)11-14-8-15(17(3,4)5)6-7-16(14)18/h12-16H,6-11,18H2,1-5H3/t12-,13+,14?,15?,16?. The molecule has 118 valence electrons. The van der Waals surface area contributed by atoms with Gasteiger partial charge in [-0.2, -0.15) is 0 Å². The third-order valence-corrected chi connectivity index (χ3v) is 5.25. The van der Waals surface area contributed by atoms with Gasteiger partial charge in [0.2, 0.25) is 0 Å². The zero-order chi connectivity index (χ0) is 14.9. The molecule has 2 rings (SSSR count). The third-order valence-electron chi connectivity index (χ3n) is 5.25. The van der Waals surface area contributed by atoms with E-state index in [1.165, 1.54) is 19.3 Å². The van der Waals surface area contributed by atoms with Crippen molar-refractivity contribution < 1.29 is 4.74 Å². The molecule has 0 aromatic carbocycles. The first-order chi connectivity index (χ1) is 9.25. The molecule has 2 fully saturated rings. The van der Waals surface area contributed by atoms with Crippen LogP contribution in [0.25, 0.3) is 0 Å². The molecule has 5 atom stereocenters. The van der Waals surface area contributed by atoms with E-state index < -0.39 is 0 Å². The highest BCUT2D eigenvalue weighted by Crippen LogP contribution is 2.40. The normalized spacial score (nSPS) is 40.8. The molecule has 1 aliphatic heterocycles. The van der Waals surface area contributed by atoms with E-state index in [-0.39, 0.29) is 0 Å². The lowest BCUT2D eigenvalue weighted by Crippen LogP contribution is -2.51. The topological polar surface area (TPSA) is 38.5 Å². The zero-order valence-corrected chi connectivity index (χ0v) is 14.1. The quantitative estimate of drug-likeness (QED) is 0.846. The van der Waals surface area contributed by atoms with Gasteiger partial charge >= 0.3 is 0 Å². The Labute approximate surface area is 125 Å². The zero-order valence-electron chi connectivity index (χ0n) is 14.1. The highest BCUT2D eigenvalue weighted by Gasteiger charge is 2.36. The first kappa shape index (κ1) is 16.3. The first-order valence-corrected chi connectivity index (χ1v) is 8.39. The number of hydrogen-bond donors (Lipinski definition) is 1. The Bertz CT molecular complexity index is 303. The molecule has 3 nitrogen and oxygen atoms in total. The largest absolute Gasteiger partial charge is 0.373 e. The van der Waals surface area contributed by atoms with Gasteiger partial charge in [0.05, 0.1) is 12.2 Å². The lowest BCUT2D eigenvalue weighted by atomic mass is 9.67. The van der Waals surface area contributed by atoms with Crippen LogP contribution in [0.5, 0.6) is 0 Å². The van der Waals surface area contributed by atoms with E-state index in [9.17, 15) is 0 Å². The monoisotopic (exact) mass is 282 g/mol. The molecule has 20 heavy (non-hydrogen) atoms. The Kier molecular flexibility index (Phi) is 5.14. The van der Waals surface area contributed by atoms with Crippen LogP contribution in [0.3, 0.4) is 0 Å². The van der Waals surface area contributed by atoms with Gasteiger partial charge in [-0.05, 0) is 50.4 Å². The van der Waals surface area contributed by atoms with Crippen LogP contribution in [0.2, 0.25) is 0 Å². The van der Waals surface area contributed by atoms with Gasteiger partial charge in [0.25, 0.3) is 0 Å². The minimum atomic E-state index is 0.358. The van der Waals surface area contributed by atoms with Crippen molar-refractivity contribution in [2.24, 2.45) is 23.0 Å². The van der Waals surface area contributed by atoms with Crippen LogP contribution in [0, 0.1) is 17.3 Å². The van der Waals surface area contributed by atoms with Gasteiger partial charge in [-0.1, -0.05) is 20.8 Å². The number of rotatable bonds is 2. The van der Waals surface area contributed by atoms with Gasteiger partial charge in [-0.15, -0.1) is 0 Å². The van der Waals surface area contributed by atoms with Gasteiger partial charge in [-0.25, -0.2) is 0 Å². The highest BCUT2D eigenvalue weighted by atomic mass is 16.5. The summed E-state index contributed by atoms with van der Waals surface area (Å²) in [6.45, 7) is 14.8. The Morgan fingerprint density at radius 3 is 2.25 bits per heavy atom. The molecule has 0 bridgehead atoms. The summed E-state index contributed by atoms with van der Waals surface area (Å²) >= 11 is 0. The molecule has 1 saturated heterocycles. The number of nitrogens with zero attached hydrogens (tertiary/aromatic N) is 1. The van der Waals surface area contributed by atoms with Crippen LogP contribution < -0.4 is 5.73 Å². The van der Waals surface area contributed by atoms with E-state index >= 15 is 0 Å². The minimum absolute atomic E-state index is 0.358. The smallest absolute Gasteiger partial charge is 0.0678 e. The summed E-state index contributed by atoms with van der Waals surface area (Å²) in [7, 11) is 0. The van der Waals surface area contributed by atoms with Crippen molar-refractivity contribution in [2.45, 2.75) is 72.1 Å². The second kappa shape index (κ2) is 6.33. The van der Waals surface area contributed by atoms with Crippen molar-refractivity contribution in [1.82, 2.24) is 4.90 Å². The number of ether oxygens (including phenoxy) is 1. The van der Waals surface area contributed by atoms with Crippen LogP contribution >= 0.6 is 0 Å². The van der Waals surface area contributed by atoms with Gasteiger partial charge in [0.1, 0.15) is 0 Å². The third kappa shape index (κ3) is 4.19. The summed E-state index contributed by atoms with van der Waals surface area (Å²) < 4.78 is 5.83. The summed E-state index contributed by atoms with van der Waals surface area (Å²) in [4.78, 5) is 2.58. The van der Waals surface area contributed by atoms with E-state index in [0.717, 1.165) is 25.6 Å². The average molecular weight is 282 g/mol. The maximum atomic E-state index is 6.41. The molecule has 1 saturated carbocycles. The molecule has 0 spiro atoms. The Hall–Kier alpha value is -0.120. The molecular weight excluding hydrogens is 248 g/mol. The lowest BCUT2D eigenvalue weighted by molar-refractivity contribution is -0.0747. The second-order valence-electron chi connectivity index (χ2n) is 8.28. The van der Waals surface area contributed by atoms with E-state index in [2.05, 4.69) is 39.5 Å². The summed E-state index contributed by atoms with van der Waals surface area (Å²) in [5.74, 6) is 1.48. The van der Waals surface area contributed by atoms with Crippen LogP contribution in [0.15, 0.2) is 0 Å². The van der Waals surface area contributed by atoms with E-state index in [4.69, 9.17) is 10.5 Å². The molecule has 3 heteroatoms. The van der Waals surface area contributed by atoms with Gasteiger partial charge < -0.3 is 10.5 Å². The molecule has 3 unspecified atom stereocenters. The molecule has 1 heterocycles. The maximum Gasteiger partial charge on any atom is 0.0678 e. The summed E-state index contributed by atoms with van der Waals surface area (Å²) in [6, 6.07) is 0.391. The highest BCUT2D eigenvalue weighted by molar-refractivity contribution is 4.89. The Morgan fingerprint density at radius 1 is 1.10 bits per heavy atom. The van der Waals surface area contributed by atoms with Crippen LogP contribution in [-0.4, -0.2) is 42.8 Å². The van der Waals surface area contributed by atoms with E-state index in [1.54, 1.807) is 0 Å². The van der Waals surface area contributed by atoms with Gasteiger partial charge in [0.15, 0.2) is 0 Å². The number of nitrogens with two attached hydrogens (primary N) is 1. The Morgan fingerprint density at radius 2 is 1.70 bits per heavy atom. The van der Waals surface area contributed by atoms with E-state index in [1.807, 2.05) is 0 Å². The Balaban J connectivity index is 1.93. The molecule has 0 radical (unpaired) electrons. The molecule has 2 aliphatic rings. The van der Waals surface area contributed by atoms with Crippen molar-refractivity contribution in [3.05, 3.63) is 0 Å². The SMILES string of the molecule is C[C@@H]1CN(CC2CC(C(C)(C)C)CCC2N)C[C@H](C)O1. The van der Waals surface area contributed by atoms with Crippen molar-refractivity contribution in [2.75, 3.05) is 19.6 Å². The fourth-order valence-electron chi connectivity index (χ4n) is 4.05. The fourth-order valence-corrected chi connectivity index (χ4v) is 4.05. The molecule has 0 aromatic rings. The van der Waals surface area contributed by atoms with Gasteiger partial charge in [0, 0.05) is 25.7 Å². The second-order valence-corrected chi connectivity index (χ2v) is 8.28. The molecule has 1 aliphatic carbocycles. The lowest BCUT2D eigenvalue weighted by Gasteiger charge is -2.44. The summed E-state index contributed by atoms with van der Waals surface area (Å²) in [5.41, 5.74) is 6.83. The van der Waals surface area contributed by atoms with Crippen LogP contribution in [-0.2, 0) is 4.74 Å². The molecule has 0 amide bonds. The minimum Gasteiger partial charge on any atom is -0.373 e. The van der Waals surface area contributed by atoms with E-state index in [0.29, 0.717) is 29.6 Å². The molecular formula is C17H34N2O. The first-order valence-electron chi connectivity index (χ1n) is 8.39. The molecule has 2 N–H and O–H groups in total. The van der Waals surface area contributed by atoms with Crippen LogP contribution in [0.1, 0.15) is 53.9 Å². The fraction of sp³-hybridized carbons (Fsp3) is 1.00. The maximum absolute atomic E-state index is 6.41. The van der Waals surface area contributed by atoms with Gasteiger partial charge in [-0.3, -0.25) is 4.90 Å². The summed E-state index contributed by atoms with van der Waals surface area (Å²) in [6.07, 6.45) is 4.51. The van der Waals surface area contributed by atoms with Crippen molar-refractivity contribution in [3.8, 4) is 0 Å². The average Bonchev–Trinajstić information content (AvgIpc) is 2.29. The molecule has 0 aromatic heterocycles.